The van der Waals surface area contributed by atoms with Gasteiger partial charge in [-0.25, -0.2) is 4.79 Å². The minimum absolute atomic E-state index is 0.0431. The number of benzene rings is 1. The summed E-state index contributed by atoms with van der Waals surface area (Å²) in [6.07, 6.45) is 3.43. The van der Waals surface area contributed by atoms with Crippen molar-refractivity contribution in [3.63, 3.8) is 0 Å². The van der Waals surface area contributed by atoms with Gasteiger partial charge in [-0.05, 0) is 37.6 Å². The molecule has 2 aromatic rings. The fourth-order valence-corrected chi connectivity index (χ4v) is 3.87. The highest BCUT2D eigenvalue weighted by molar-refractivity contribution is 6.30. The van der Waals surface area contributed by atoms with Crippen LogP contribution in [-0.4, -0.2) is 64.7 Å². The first-order valence-electron chi connectivity index (χ1n) is 9.86. The Hall–Kier alpha value is -2.64. The summed E-state index contributed by atoms with van der Waals surface area (Å²) < 4.78 is 6.83. The highest BCUT2D eigenvalue weighted by Gasteiger charge is 2.32. The third-order valence-corrected chi connectivity index (χ3v) is 5.81. The Bertz CT molecular complexity index is 944. The topological polar surface area (TPSA) is 67.7 Å². The molecule has 1 aromatic heterocycles. The molecule has 1 aliphatic rings. The normalized spacial score (nSPS) is 16.1. The summed E-state index contributed by atoms with van der Waals surface area (Å²) in [6, 6.07) is 6.69. The van der Waals surface area contributed by atoms with Crippen LogP contribution in [0.25, 0.3) is 6.08 Å². The van der Waals surface area contributed by atoms with E-state index < -0.39 is 6.04 Å². The van der Waals surface area contributed by atoms with E-state index in [-0.39, 0.29) is 11.9 Å². The minimum Gasteiger partial charge on any atom is -0.468 e. The average molecular weight is 431 g/mol. The van der Waals surface area contributed by atoms with Crippen LogP contribution in [-0.2, 0) is 21.4 Å². The number of carbonyl (C=O) groups is 2. The minimum atomic E-state index is -0.513. The molecular weight excluding hydrogens is 404 g/mol. The van der Waals surface area contributed by atoms with E-state index in [0.717, 1.165) is 22.5 Å². The van der Waals surface area contributed by atoms with E-state index >= 15 is 0 Å². The molecule has 8 heteroatoms. The Morgan fingerprint density at radius 1 is 1.13 bits per heavy atom. The maximum atomic E-state index is 12.7. The van der Waals surface area contributed by atoms with Gasteiger partial charge in [0.1, 0.15) is 6.04 Å². The molecule has 1 unspecified atom stereocenters. The van der Waals surface area contributed by atoms with Crippen LogP contribution in [0.15, 0.2) is 30.3 Å². The summed E-state index contributed by atoms with van der Waals surface area (Å²) >= 11 is 5.98. The lowest BCUT2D eigenvalue weighted by Gasteiger charge is -2.38. The Labute approximate surface area is 181 Å². The molecule has 0 radical (unpaired) electrons. The molecule has 1 fully saturated rings. The van der Waals surface area contributed by atoms with Crippen molar-refractivity contribution in [1.29, 1.82) is 0 Å². The van der Waals surface area contributed by atoms with Crippen molar-refractivity contribution >= 4 is 29.6 Å². The maximum absolute atomic E-state index is 12.7. The zero-order chi connectivity index (χ0) is 21.8. The standard InChI is InChI=1S/C22H27ClN4O3/c1-15-19(16(2)25(3)24-15)9-10-20(28)26-11-13-27(14-12-26)21(22(29)30-4)17-5-7-18(23)8-6-17/h5-10,21H,11-14H2,1-4H3/b10-9+. The van der Waals surface area contributed by atoms with E-state index in [2.05, 4.69) is 5.10 Å². The Morgan fingerprint density at radius 2 is 1.77 bits per heavy atom. The third-order valence-electron chi connectivity index (χ3n) is 5.56. The monoisotopic (exact) mass is 430 g/mol. The molecule has 0 bridgehead atoms. The highest BCUT2D eigenvalue weighted by Crippen LogP contribution is 2.25. The first kappa shape index (κ1) is 22.1. The predicted molar refractivity (Wildman–Crippen MR) is 116 cm³/mol. The average Bonchev–Trinajstić information content (AvgIpc) is 2.99. The molecule has 30 heavy (non-hydrogen) atoms. The smallest absolute Gasteiger partial charge is 0.327 e. The van der Waals surface area contributed by atoms with Gasteiger partial charge in [0, 0.05) is 55.6 Å². The van der Waals surface area contributed by atoms with Crippen molar-refractivity contribution in [2.45, 2.75) is 19.9 Å². The molecule has 1 aromatic carbocycles. The summed E-state index contributed by atoms with van der Waals surface area (Å²) in [6.45, 7) is 6.14. The van der Waals surface area contributed by atoms with Gasteiger partial charge in [-0.15, -0.1) is 0 Å². The van der Waals surface area contributed by atoms with Crippen LogP contribution in [0.1, 0.15) is 28.6 Å². The highest BCUT2D eigenvalue weighted by atomic mass is 35.5. The molecule has 160 valence electrons. The second-order valence-corrected chi connectivity index (χ2v) is 7.82. The van der Waals surface area contributed by atoms with Crippen LogP contribution in [0.3, 0.4) is 0 Å². The van der Waals surface area contributed by atoms with E-state index in [1.54, 1.807) is 23.1 Å². The molecule has 1 saturated heterocycles. The Balaban J connectivity index is 1.66. The van der Waals surface area contributed by atoms with Crippen molar-refractivity contribution < 1.29 is 14.3 Å². The van der Waals surface area contributed by atoms with Crippen LogP contribution in [0, 0.1) is 13.8 Å². The van der Waals surface area contributed by atoms with E-state index in [1.807, 2.05) is 48.7 Å². The van der Waals surface area contributed by atoms with E-state index in [4.69, 9.17) is 16.3 Å². The number of halogens is 1. The van der Waals surface area contributed by atoms with Crippen LogP contribution in [0.2, 0.25) is 5.02 Å². The Morgan fingerprint density at radius 3 is 2.30 bits per heavy atom. The quantitative estimate of drug-likeness (QED) is 0.539. The molecule has 0 saturated carbocycles. The van der Waals surface area contributed by atoms with Crippen molar-refractivity contribution in [3.8, 4) is 0 Å². The number of rotatable bonds is 5. The van der Waals surface area contributed by atoms with Crippen LogP contribution in [0.4, 0.5) is 0 Å². The summed E-state index contributed by atoms with van der Waals surface area (Å²) in [5.74, 6) is -0.363. The number of piperazine rings is 1. The van der Waals surface area contributed by atoms with Crippen molar-refractivity contribution in [1.82, 2.24) is 19.6 Å². The first-order chi connectivity index (χ1) is 14.3. The largest absolute Gasteiger partial charge is 0.468 e. The zero-order valence-electron chi connectivity index (χ0n) is 17.8. The lowest BCUT2D eigenvalue weighted by Crippen LogP contribution is -2.50. The van der Waals surface area contributed by atoms with Crippen LogP contribution < -0.4 is 0 Å². The second kappa shape index (κ2) is 9.45. The molecule has 2 heterocycles. The number of methoxy groups -OCH3 is 1. The fraction of sp³-hybridized carbons (Fsp3) is 0.409. The lowest BCUT2D eigenvalue weighted by atomic mass is 10.0. The van der Waals surface area contributed by atoms with Crippen molar-refractivity contribution in [2.24, 2.45) is 7.05 Å². The van der Waals surface area contributed by atoms with Gasteiger partial charge in [0.2, 0.25) is 5.91 Å². The lowest BCUT2D eigenvalue weighted by molar-refractivity contribution is -0.148. The van der Waals surface area contributed by atoms with Gasteiger partial charge < -0.3 is 9.64 Å². The fourth-order valence-electron chi connectivity index (χ4n) is 3.74. The summed E-state index contributed by atoms with van der Waals surface area (Å²) in [5.41, 5.74) is 3.71. The van der Waals surface area contributed by atoms with Gasteiger partial charge in [0.25, 0.3) is 0 Å². The van der Waals surface area contributed by atoms with Gasteiger partial charge in [-0.2, -0.15) is 5.10 Å². The molecule has 1 atom stereocenters. The number of hydrogen-bond donors (Lipinski definition) is 0. The Kier molecular flexibility index (Phi) is 6.95. The molecule has 1 aliphatic heterocycles. The van der Waals surface area contributed by atoms with Crippen LogP contribution in [0.5, 0.6) is 0 Å². The van der Waals surface area contributed by atoms with Gasteiger partial charge in [0.15, 0.2) is 0 Å². The summed E-state index contributed by atoms with van der Waals surface area (Å²) in [5, 5.41) is 4.99. The number of aromatic nitrogens is 2. The zero-order valence-corrected chi connectivity index (χ0v) is 18.5. The number of ether oxygens (including phenoxy) is 1. The van der Waals surface area contributed by atoms with Gasteiger partial charge in [-0.3, -0.25) is 14.4 Å². The maximum Gasteiger partial charge on any atom is 0.327 e. The molecule has 0 spiro atoms. The molecular formula is C22H27ClN4O3. The molecule has 1 amide bonds. The van der Waals surface area contributed by atoms with Crippen molar-refractivity contribution in [2.75, 3.05) is 33.3 Å². The summed E-state index contributed by atoms with van der Waals surface area (Å²) in [4.78, 5) is 28.9. The van der Waals surface area contributed by atoms with Gasteiger partial charge >= 0.3 is 5.97 Å². The number of aryl methyl sites for hydroxylation is 2. The van der Waals surface area contributed by atoms with Crippen molar-refractivity contribution in [3.05, 3.63) is 57.9 Å². The number of hydrogen-bond acceptors (Lipinski definition) is 5. The SMILES string of the molecule is COC(=O)C(c1ccc(Cl)cc1)N1CCN(C(=O)/C=C/c2c(C)nn(C)c2C)CC1. The van der Waals surface area contributed by atoms with E-state index in [1.165, 1.54) is 7.11 Å². The molecule has 0 N–H and O–H groups in total. The number of amides is 1. The number of carbonyl (C=O) groups excluding carboxylic acids is 2. The molecule has 7 nitrogen and oxygen atoms in total. The van der Waals surface area contributed by atoms with Gasteiger partial charge in [0.05, 0.1) is 12.8 Å². The van der Waals surface area contributed by atoms with Crippen LogP contribution >= 0.6 is 11.6 Å². The second-order valence-electron chi connectivity index (χ2n) is 7.38. The number of esters is 1. The molecule has 3 rings (SSSR count). The summed E-state index contributed by atoms with van der Waals surface area (Å²) in [7, 11) is 3.28. The first-order valence-corrected chi connectivity index (χ1v) is 10.2. The number of nitrogens with zero attached hydrogens (tertiary/aromatic N) is 4. The van der Waals surface area contributed by atoms with E-state index in [9.17, 15) is 9.59 Å². The van der Waals surface area contributed by atoms with Gasteiger partial charge in [-0.1, -0.05) is 23.7 Å². The molecule has 0 aliphatic carbocycles. The predicted octanol–water partition coefficient (Wildman–Crippen LogP) is 2.76. The van der Waals surface area contributed by atoms with E-state index in [0.29, 0.717) is 31.2 Å². The third kappa shape index (κ3) is 4.74.